The third kappa shape index (κ3) is 4.43. The van der Waals surface area contributed by atoms with Gasteiger partial charge in [0.2, 0.25) is 15.9 Å². The summed E-state index contributed by atoms with van der Waals surface area (Å²) in [5.74, 6) is -0.222. The summed E-state index contributed by atoms with van der Waals surface area (Å²) in [6.07, 6.45) is 5.11. The minimum atomic E-state index is -3.58. The second-order valence-corrected chi connectivity index (χ2v) is 8.91. The van der Waals surface area contributed by atoms with Crippen molar-refractivity contribution in [2.75, 3.05) is 32.1 Å². The van der Waals surface area contributed by atoms with Crippen molar-refractivity contribution >= 4 is 21.6 Å². The molecule has 3 rings (SSSR count). The van der Waals surface area contributed by atoms with Crippen LogP contribution in [0.3, 0.4) is 0 Å². The molecule has 2 aliphatic rings. The van der Waals surface area contributed by atoms with Crippen molar-refractivity contribution in [1.29, 1.82) is 0 Å². The lowest BCUT2D eigenvalue weighted by molar-refractivity contribution is -0.120. The summed E-state index contributed by atoms with van der Waals surface area (Å²) in [6.45, 7) is 1.53. The molecule has 1 saturated carbocycles. The van der Waals surface area contributed by atoms with Crippen molar-refractivity contribution in [3.8, 4) is 0 Å². The summed E-state index contributed by atoms with van der Waals surface area (Å²) >= 11 is 0. The van der Waals surface area contributed by atoms with Crippen molar-refractivity contribution in [3.05, 3.63) is 24.3 Å². The molecular formula is C18H27N3O4S. The highest BCUT2D eigenvalue weighted by Crippen LogP contribution is 2.27. The van der Waals surface area contributed by atoms with E-state index in [0.29, 0.717) is 25.4 Å². The Morgan fingerprint density at radius 3 is 2.73 bits per heavy atom. The number of carbonyl (C=O) groups excluding carboxylic acids is 1. The van der Waals surface area contributed by atoms with Crippen LogP contribution < -0.4 is 10.6 Å². The van der Waals surface area contributed by atoms with Gasteiger partial charge in [-0.05, 0) is 31.0 Å². The van der Waals surface area contributed by atoms with E-state index < -0.39 is 16.1 Å². The minimum absolute atomic E-state index is 0.0515. The normalized spacial score (nSPS) is 22.3. The van der Waals surface area contributed by atoms with Crippen molar-refractivity contribution < 1.29 is 17.9 Å². The SMILES string of the molecule is CN(C1CCCCC1)S(=O)(=O)c1cccc(NC(=O)C2COCCN2)c1. The molecule has 1 aliphatic heterocycles. The third-order valence-corrected chi connectivity index (χ3v) is 7.01. The first-order valence-corrected chi connectivity index (χ1v) is 10.6. The van der Waals surface area contributed by atoms with Crippen LogP contribution in [-0.4, -0.2) is 57.5 Å². The maximum atomic E-state index is 13.0. The van der Waals surface area contributed by atoms with Crippen LogP contribution in [-0.2, 0) is 19.6 Å². The number of nitrogens with one attached hydrogen (secondary N) is 2. The summed E-state index contributed by atoms with van der Waals surface area (Å²) in [5, 5.41) is 5.86. The zero-order valence-electron chi connectivity index (χ0n) is 15.1. The zero-order chi connectivity index (χ0) is 18.6. The Morgan fingerprint density at radius 1 is 1.27 bits per heavy atom. The van der Waals surface area contributed by atoms with E-state index in [1.165, 1.54) is 16.8 Å². The highest BCUT2D eigenvalue weighted by atomic mass is 32.2. The molecule has 2 fully saturated rings. The molecule has 144 valence electrons. The molecule has 1 aliphatic carbocycles. The Balaban J connectivity index is 1.72. The predicted octanol–water partition coefficient (Wildman–Crippen LogP) is 1.57. The number of sulfonamides is 1. The molecule has 0 aromatic heterocycles. The van der Waals surface area contributed by atoms with Gasteiger partial charge < -0.3 is 15.4 Å². The Morgan fingerprint density at radius 2 is 2.04 bits per heavy atom. The maximum Gasteiger partial charge on any atom is 0.243 e. The molecule has 1 unspecified atom stereocenters. The summed E-state index contributed by atoms with van der Waals surface area (Å²) in [6, 6.07) is 6.08. The summed E-state index contributed by atoms with van der Waals surface area (Å²) in [7, 11) is -1.93. The van der Waals surface area contributed by atoms with Crippen LogP contribution >= 0.6 is 0 Å². The van der Waals surface area contributed by atoms with Crippen LogP contribution in [0.5, 0.6) is 0 Å². The lowest BCUT2D eigenvalue weighted by Gasteiger charge is -2.30. The van der Waals surface area contributed by atoms with E-state index in [2.05, 4.69) is 10.6 Å². The standard InChI is InChI=1S/C18H27N3O4S/c1-21(15-7-3-2-4-8-15)26(23,24)16-9-5-6-14(12-16)20-18(22)17-13-25-11-10-19-17/h5-6,9,12,15,17,19H,2-4,7-8,10-11,13H2,1H3,(H,20,22). The van der Waals surface area contributed by atoms with E-state index in [4.69, 9.17) is 4.74 Å². The highest BCUT2D eigenvalue weighted by Gasteiger charge is 2.29. The molecule has 2 N–H and O–H groups in total. The molecule has 1 saturated heterocycles. The Kier molecular flexibility index (Phi) is 6.29. The van der Waals surface area contributed by atoms with Gasteiger partial charge in [0, 0.05) is 25.3 Å². The van der Waals surface area contributed by atoms with Crippen LogP contribution in [0.2, 0.25) is 0 Å². The van der Waals surface area contributed by atoms with Gasteiger partial charge in [0.1, 0.15) is 6.04 Å². The number of hydrogen-bond donors (Lipinski definition) is 2. The molecule has 7 nitrogen and oxygen atoms in total. The fourth-order valence-electron chi connectivity index (χ4n) is 3.50. The summed E-state index contributed by atoms with van der Waals surface area (Å²) < 4.78 is 32.7. The molecule has 1 amide bonds. The number of nitrogens with zero attached hydrogens (tertiary/aromatic N) is 1. The summed E-state index contributed by atoms with van der Waals surface area (Å²) in [4.78, 5) is 12.5. The lowest BCUT2D eigenvalue weighted by atomic mass is 9.96. The molecule has 0 radical (unpaired) electrons. The average molecular weight is 381 g/mol. The molecule has 1 aromatic carbocycles. The molecule has 0 spiro atoms. The van der Waals surface area contributed by atoms with Crippen molar-refractivity contribution in [1.82, 2.24) is 9.62 Å². The van der Waals surface area contributed by atoms with E-state index >= 15 is 0 Å². The minimum Gasteiger partial charge on any atom is -0.378 e. The molecule has 1 atom stereocenters. The smallest absolute Gasteiger partial charge is 0.243 e. The first-order chi connectivity index (χ1) is 12.5. The molecule has 1 heterocycles. The van der Waals surface area contributed by atoms with Gasteiger partial charge in [-0.3, -0.25) is 4.79 Å². The number of ether oxygens (including phenoxy) is 1. The highest BCUT2D eigenvalue weighted by molar-refractivity contribution is 7.89. The van der Waals surface area contributed by atoms with Gasteiger partial charge in [-0.25, -0.2) is 8.42 Å². The Labute approximate surface area is 155 Å². The number of hydrogen-bond acceptors (Lipinski definition) is 5. The molecule has 1 aromatic rings. The predicted molar refractivity (Wildman–Crippen MR) is 99.5 cm³/mol. The quantitative estimate of drug-likeness (QED) is 0.808. The van der Waals surface area contributed by atoms with Gasteiger partial charge in [-0.15, -0.1) is 0 Å². The van der Waals surface area contributed by atoms with Gasteiger partial charge >= 0.3 is 0 Å². The third-order valence-electron chi connectivity index (χ3n) is 5.11. The number of carbonyl (C=O) groups is 1. The van der Waals surface area contributed by atoms with E-state index in [9.17, 15) is 13.2 Å². The number of rotatable bonds is 5. The van der Waals surface area contributed by atoms with Crippen molar-refractivity contribution in [2.45, 2.75) is 49.1 Å². The Bertz CT molecular complexity index is 726. The average Bonchev–Trinajstić information content (AvgIpc) is 2.69. The van der Waals surface area contributed by atoms with E-state index in [0.717, 1.165) is 25.7 Å². The van der Waals surface area contributed by atoms with E-state index in [1.807, 2.05) is 0 Å². The van der Waals surface area contributed by atoms with Crippen LogP contribution in [0.15, 0.2) is 29.2 Å². The number of amides is 1. The van der Waals surface area contributed by atoms with Gasteiger partial charge in [0.25, 0.3) is 0 Å². The fourth-order valence-corrected chi connectivity index (χ4v) is 4.97. The largest absolute Gasteiger partial charge is 0.378 e. The molecule has 26 heavy (non-hydrogen) atoms. The molecule has 8 heteroatoms. The maximum absolute atomic E-state index is 13.0. The van der Waals surface area contributed by atoms with Crippen LogP contribution in [0.25, 0.3) is 0 Å². The second-order valence-electron chi connectivity index (χ2n) is 6.91. The van der Waals surface area contributed by atoms with E-state index in [1.54, 1.807) is 25.2 Å². The first-order valence-electron chi connectivity index (χ1n) is 9.18. The molecular weight excluding hydrogens is 354 g/mol. The topological polar surface area (TPSA) is 87.7 Å². The lowest BCUT2D eigenvalue weighted by Crippen LogP contribution is -2.48. The van der Waals surface area contributed by atoms with Gasteiger partial charge in [0.05, 0.1) is 18.1 Å². The fraction of sp³-hybridized carbons (Fsp3) is 0.611. The number of anilines is 1. The van der Waals surface area contributed by atoms with Gasteiger partial charge in [-0.1, -0.05) is 25.3 Å². The van der Waals surface area contributed by atoms with Crippen LogP contribution in [0.1, 0.15) is 32.1 Å². The monoisotopic (exact) mass is 381 g/mol. The zero-order valence-corrected chi connectivity index (χ0v) is 15.9. The van der Waals surface area contributed by atoms with E-state index in [-0.39, 0.29) is 16.8 Å². The number of benzene rings is 1. The van der Waals surface area contributed by atoms with Crippen LogP contribution in [0, 0.1) is 0 Å². The van der Waals surface area contributed by atoms with Gasteiger partial charge in [0.15, 0.2) is 0 Å². The first kappa shape index (κ1) is 19.3. The second kappa shape index (κ2) is 8.47. The van der Waals surface area contributed by atoms with Gasteiger partial charge in [-0.2, -0.15) is 4.31 Å². The van der Waals surface area contributed by atoms with Crippen molar-refractivity contribution in [3.63, 3.8) is 0 Å². The number of morpholine rings is 1. The van der Waals surface area contributed by atoms with Crippen LogP contribution in [0.4, 0.5) is 5.69 Å². The molecule has 0 bridgehead atoms. The Hall–Kier alpha value is -1.48. The summed E-state index contributed by atoms with van der Waals surface area (Å²) in [5.41, 5.74) is 0.473. The van der Waals surface area contributed by atoms with Crippen molar-refractivity contribution in [2.24, 2.45) is 0 Å².